The van der Waals surface area contributed by atoms with E-state index in [0.29, 0.717) is 23.5 Å². The Labute approximate surface area is 154 Å². The number of hydrogen-bond donors (Lipinski definition) is 1. The number of allylic oxidation sites excluding steroid dienone is 4. The van der Waals surface area contributed by atoms with Crippen molar-refractivity contribution >= 4 is 5.78 Å². The number of nitrogens with zero attached hydrogens (tertiary/aromatic N) is 3. The van der Waals surface area contributed by atoms with Crippen molar-refractivity contribution in [1.29, 1.82) is 0 Å². The van der Waals surface area contributed by atoms with Crippen LogP contribution < -0.4 is 5.56 Å². The molecule has 0 radical (unpaired) electrons. The van der Waals surface area contributed by atoms with E-state index >= 15 is 0 Å². The van der Waals surface area contributed by atoms with Gasteiger partial charge in [0.15, 0.2) is 0 Å². The highest BCUT2D eigenvalue weighted by Crippen LogP contribution is 2.31. The molecule has 4 rings (SSSR count). The number of aromatic amines is 1. The van der Waals surface area contributed by atoms with Crippen molar-refractivity contribution in [1.82, 2.24) is 19.6 Å². The Hall–Kier alpha value is -2.17. The summed E-state index contributed by atoms with van der Waals surface area (Å²) in [6.45, 7) is 4.56. The summed E-state index contributed by atoms with van der Waals surface area (Å²) in [7, 11) is 0. The second kappa shape index (κ2) is 7.22. The Morgan fingerprint density at radius 1 is 1.27 bits per heavy atom. The van der Waals surface area contributed by atoms with Gasteiger partial charge in [-0.1, -0.05) is 37.6 Å². The van der Waals surface area contributed by atoms with E-state index in [4.69, 9.17) is 0 Å². The maximum absolute atomic E-state index is 12.5. The van der Waals surface area contributed by atoms with Crippen LogP contribution in [-0.2, 0) is 6.42 Å². The summed E-state index contributed by atoms with van der Waals surface area (Å²) < 4.78 is 1.49. The van der Waals surface area contributed by atoms with Gasteiger partial charge in [0, 0.05) is 12.0 Å². The molecule has 2 aromatic heterocycles. The minimum Gasteiger partial charge on any atom is -0.275 e. The Morgan fingerprint density at radius 2 is 2.15 bits per heavy atom. The van der Waals surface area contributed by atoms with Crippen molar-refractivity contribution in [3.8, 4) is 0 Å². The Morgan fingerprint density at radius 3 is 2.92 bits per heavy atom. The molecular weight excluding hydrogens is 324 g/mol. The molecule has 5 nitrogen and oxygen atoms in total. The quantitative estimate of drug-likeness (QED) is 0.840. The van der Waals surface area contributed by atoms with E-state index in [9.17, 15) is 4.79 Å². The van der Waals surface area contributed by atoms with Crippen LogP contribution in [0.4, 0.5) is 0 Å². The molecule has 3 unspecified atom stereocenters. The van der Waals surface area contributed by atoms with Gasteiger partial charge < -0.3 is 0 Å². The first-order valence-corrected chi connectivity index (χ1v) is 9.95. The van der Waals surface area contributed by atoms with Gasteiger partial charge in [0.1, 0.15) is 5.82 Å². The van der Waals surface area contributed by atoms with Crippen LogP contribution in [0, 0.1) is 11.8 Å². The molecule has 1 N–H and O–H groups in total. The number of hydrogen-bond acceptors (Lipinski definition) is 3. The zero-order valence-electron chi connectivity index (χ0n) is 15.7. The molecule has 26 heavy (non-hydrogen) atoms. The summed E-state index contributed by atoms with van der Waals surface area (Å²) in [5.41, 5.74) is 2.31. The van der Waals surface area contributed by atoms with Gasteiger partial charge in [-0.15, -0.1) is 0 Å². The molecule has 0 spiro atoms. The lowest BCUT2D eigenvalue weighted by molar-refractivity contribution is 0.478. The zero-order chi connectivity index (χ0) is 18.1. The third-order valence-electron chi connectivity index (χ3n) is 5.93. The van der Waals surface area contributed by atoms with Crippen molar-refractivity contribution in [3.63, 3.8) is 0 Å². The molecule has 2 heterocycles. The molecule has 2 aromatic rings. The highest BCUT2D eigenvalue weighted by atomic mass is 16.1. The monoisotopic (exact) mass is 352 g/mol. The van der Waals surface area contributed by atoms with E-state index in [1.807, 2.05) is 0 Å². The van der Waals surface area contributed by atoms with E-state index in [2.05, 4.69) is 47.1 Å². The average molecular weight is 352 g/mol. The van der Waals surface area contributed by atoms with E-state index in [-0.39, 0.29) is 5.56 Å². The molecule has 5 heteroatoms. The minimum absolute atomic E-state index is 0.0621. The number of fused-ring (bicyclic) bond motifs is 1. The number of rotatable bonds is 4. The summed E-state index contributed by atoms with van der Waals surface area (Å²) in [4.78, 5) is 21.9. The van der Waals surface area contributed by atoms with Crippen LogP contribution in [0.15, 0.2) is 34.7 Å². The van der Waals surface area contributed by atoms with Gasteiger partial charge in [-0.25, -0.2) is 4.98 Å². The van der Waals surface area contributed by atoms with Gasteiger partial charge in [-0.3, -0.25) is 9.89 Å². The van der Waals surface area contributed by atoms with Gasteiger partial charge in [0.25, 0.3) is 11.3 Å². The second-order valence-corrected chi connectivity index (χ2v) is 7.95. The summed E-state index contributed by atoms with van der Waals surface area (Å²) in [6.07, 6.45) is 14.5. The van der Waals surface area contributed by atoms with Crippen LogP contribution in [0.2, 0.25) is 0 Å². The van der Waals surface area contributed by atoms with Crippen LogP contribution in [0.3, 0.4) is 0 Å². The Kier molecular flexibility index (Phi) is 4.79. The molecule has 2 aliphatic rings. The topological polar surface area (TPSA) is 63.0 Å². The van der Waals surface area contributed by atoms with E-state index in [1.54, 1.807) is 6.07 Å². The van der Waals surface area contributed by atoms with Crippen LogP contribution in [0.25, 0.3) is 5.78 Å². The Balaban J connectivity index is 1.59. The van der Waals surface area contributed by atoms with E-state index in [0.717, 1.165) is 37.2 Å². The molecule has 0 saturated carbocycles. The van der Waals surface area contributed by atoms with Crippen molar-refractivity contribution in [2.45, 2.75) is 64.7 Å². The number of aromatic nitrogens is 4. The number of nitrogens with one attached hydrogen (secondary N) is 1. The van der Waals surface area contributed by atoms with E-state index in [1.165, 1.54) is 29.4 Å². The summed E-state index contributed by atoms with van der Waals surface area (Å²) >= 11 is 0. The fourth-order valence-electron chi connectivity index (χ4n) is 4.45. The number of H-pyrrole nitrogens is 1. The molecule has 0 bridgehead atoms. The fourth-order valence-corrected chi connectivity index (χ4v) is 4.45. The van der Waals surface area contributed by atoms with Gasteiger partial charge in [0.05, 0.1) is 5.69 Å². The SMILES string of the molecule is CC1CCCC=C1C(C)Cc1cc(=O)n2[nH]c(C3CC=CCC3)nc2n1. The minimum atomic E-state index is -0.0621. The average Bonchev–Trinajstić information content (AvgIpc) is 3.07. The van der Waals surface area contributed by atoms with Gasteiger partial charge in [-0.05, 0) is 56.8 Å². The molecule has 0 saturated heterocycles. The van der Waals surface area contributed by atoms with Crippen LogP contribution in [0.5, 0.6) is 0 Å². The van der Waals surface area contributed by atoms with Gasteiger partial charge in [-0.2, -0.15) is 9.50 Å². The standard InChI is InChI=1S/C21H28N4O/c1-14-8-6-7-11-18(14)15(2)12-17-13-19(26)25-21(22-17)23-20(24-25)16-9-4-3-5-10-16/h3-4,11,13-16H,5-10,12H2,1-2H3,(H,22,23,24). The first kappa shape index (κ1) is 17.3. The van der Waals surface area contributed by atoms with Crippen molar-refractivity contribution in [2.24, 2.45) is 11.8 Å². The largest absolute Gasteiger partial charge is 0.275 e. The molecule has 0 aliphatic heterocycles. The first-order chi connectivity index (χ1) is 12.6. The third-order valence-corrected chi connectivity index (χ3v) is 5.93. The lowest BCUT2D eigenvalue weighted by atomic mass is 9.80. The lowest BCUT2D eigenvalue weighted by Crippen LogP contribution is -2.19. The molecule has 3 atom stereocenters. The molecule has 138 valence electrons. The van der Waals surface area contributed by atoms with Gasteiger partial charge in [0.2, 0.25) is 0 Å². The zero-order valence-corrected chi connectivity index (χ0v) is 15.7. The maximum atomic E-state index is 12.5. The Bertz CT molecular complexity index is 904. The first-order valence-electron chi connectivity index (χ1n) is 9.95. The van der Waals surface area contributed by atoms with Crippen LogP contribution >= 0.6 is 0 Å². The summed E-state index contributed by atoms with van der Waals surface area (Å²) in [5.74, 6) is 2.81. The van der Waals surface area contributed by atoms with Crippen molar-refractivity contribution in [2.75, 3.05) is 0 Å². The molecule has 0 aromatic carbocycles. The molecular formula is C21H28N4O. The molecule has 2 aliphatic carbocycles. The fraction of sp³-hybridized carbons (Fsp3) is 0.571. The predicted molar refractivity (Wildman–Crippen MR) is 103 cm³/mol. The van der Waals surface area contributed by atoms with Gasteiger partial charge >= 0.3 is 0 Å². The highest BCUT2D eigenvalue weighted by molar-refractivity contribution is 5.30. The van der Waals surface area contributed by atoms with Crippen molar-refractivity contribution in [3.05, 3.63) is 51.7 Å². The predicted octanol–water partition coefficient (Wildman–Crippen LogP) is 4.17. The normalized spacial score (nSPS) is 24.6. The van der Waals surface area contributed by atoms with E-state index < -0.39 is 0 Å². The summed E-state index contributed by atoms with van der Waals surface area (Å²) in [5, 5.41) is 3.17. The lowest BCUT2D eigenvalue weighted by Gasteiger charge is -2.25. The van der Waals surface area contributed by atoms with Crippen LogP contribution in [0.1, 0.15) is 69.8 Å². The smallest absolute Gasteiger partial charge is 0.274 e. The summed E-state index contributed by atoms with van der Waals surface area (Å²) in [6, 6.07) is 1.67. The second-order valence-electron chi connectivity index (χ2n) is 7.95. The molecule has 0 fully saturated rings. The maximum Gasteiger partial charge on any atom is 0.274 e. The molecule has 0 amide bonds. The van der Waals surface area contributed by atoms with Crippen molar-refractivity contribution < 1.29 is 0 Å². The highest BCUT2D eigenvalue weighted by Gasteiger charge is 2.21. The van der Waals surface area contributed by atoms with Crippen LogP contribution in [-0.4, -0.2) is 19.6 Å². The third kappa shape index (κ3) is 3.39.